The van der Waals surface area contributed by atoms with Gasteiger partial charge in [0.15, 0.2) is 6.10 Å². The zero-order valence-corrected chi connectivity index (χ0v) is 14.7. The van der Waals surface area contributed by atoms with Crippen molar-refractivity contribution in [2.24, 2.45) is 5.16 Å². The molecule has 0 spiro atoms. The molecule has 1 N–H and O–H groups in total. The molecule has 26 heavy (non-hydrogen) atoms. The van der Waals surface area contributed by atoms with E-state index in [-0.39, 0.29) is 12.0 Å². The lowest BCUT2D eigenvalue weighted by Crippen LogP contribution is -2.29. The van der Waals surface area contributed by atoms with Crippen LogP contribution in [0.5, 0.6) is 5.75 Å². The molecule has 1 atom stereocenters. The van der Waals surface area contributed by atoms with E-state index >= 15 is 0 Å². The summed E-state index contributed by atoms with van der Waals surface area (Å²) in [6.45, 7) is 1.42. The maximum atomic E-state index is 12.3. The maximum Gasteiger partial charge on any atom is 0.269 e. The molecule has 6 nitrogen and oxygen atoms in total. The number of carbonyl (C=O) groups excluding carboxylic acids is 1. The van der Waals surface area contributed by atoms with Gasteiger partial charge in [-0.1, -0.05) is 47.6 Å². The lowest BCUT2D eigenvalue weighted by atomic mass is 10.0. The van der Waals surface area contributed by atoms with Gasteiger partial charge in [-0.3, -0.25) is 4.79 Å². The van der Waals surface area contributed by atoms with Crippen molar-refractivity contribution in [1.29, 1.82) is 0 Å². The highest BCUT2D eigenvalue weighted by Gasteiger charge is 2.27. The maximum absolute atomic E-state index is 12.3. The molecule has 2 aromatic rings. The smallest absolute Gasteiger partial charge is 0.269 e. The molecule has 0 radical (unpaired) electrons. The number of ether oxygens (including phenoxy) is 2. The number of methoxy groups -OCH3 is 1. The average molecular weight is 354 g/mol. The number of hydrogen-bond donors (Lipinski definition) is 1. The Morgan fingerprint density at radius 3 is 2.85 bits per heavy atom. The van der Waals surface area contributed by atoms with Gasteiger partial charge in [-0.15, -0.1) is 0 Å². The van der Waals surface area contributed by atoms with Crippen molar-refractivity contribution < 1.29 is 19.1 Å². The van der Waals surface area contributed by atoms with E-state index in [2.05, 4.69) is 10.5 Å². The SMILES string of the molecule is COCCOc1cccc(CNC(=O)C2=NOC(c3ccccc3)C2)c1. The van der Waals surface area contributed by atoms with E-state index in [0.717, 1.165) is 16.9 Å². The number of hydrogen-bond acceptors (Lipinski definition) is 5. The van der Waals surface area contributed by atoms with Crippen molar-refractivity contribution in [3.05, 3.63) is 65.7 Å². The molecule has 1 aliphatic heterocycles. The van der Waals surface area contributed by atoms with Crippen LogP contribution in [0.2, 0.25) is 0 Å². The Kier molecular flexibility index (Phi) is 6.22. The Hall–Kier alpha value is -2.86. The van der Waals surface area contributed by atoms with Gasteiger partial charge in [0, 0.05) is 20.1 Å². The number of oxime groups is 1. The van der Waals surface area contributed by atoms with Crippen LogP contribution >= 0.6 is 0 Å². The fourth-order valence-corrected chi connectivity index (χ4v) is 2.63. The summed E-state index contributed by atoms with van der Waals surface area (Å²) in [7, 11) is 1.63. The molecule has 0 saturated carbocycles. The Labute approximate surface area is 152 Å². The largest absolute Gasteiger partial charge is 0.491 e. The molecule has 0 saturated heterocycles. The summed E-state index contributed by atoms with van der Waals surface area (Å²) in [5.41, 5.74) is 2.37. The molecule has 1 aliphatic rings. The molecule has 2 aromatic carbocycles. The highest BCUT2D eigenvalue weighted by molar-refractivity contribution is 6.39. The second kappa shape index (κ2) is 9.01. The number of amides is 1. The summed E-state index contributed by atoms with van der Waals surface area (Å²) in [6.07, 6.45) is 0.269. The molecular formula is C20H22N2O4. The summed E-state index contributed by atoms with van der Waals surface area (Å²) in [5, 5.41) is 6.82. The predicted octanol–water partition coefficient (Wildman–Crippen LogP) is 2.85. The number of nitrogens with zero attached hydrogens (tertiary/aromatic N) is 1. The van der Waals surface area contributed by atoms with E-state index in [1.807, 2.05) is 54.6 Å². The van der Waals surface area contributed by atoms with E-state index < -0.39 is 0 Å². The lowest BCUT2D eigenvalue weighted by molar-refractivity contribution is -0.115. The normalized spacial score (nSPS) is 15.9. The Balaban J connectivity index is 1.49. The average Bonchev–Trinajstić information content (AvgIpc) is 3.18. The molecule has 0 aromatic heterocycles. The summed E-state index contributed by atoms with van der Waals surface area (Å²) in [6, 6.07) is 17.4. The summed E-state index contributed by atoms with van der Waals surface area (Å²) in [5.74, 6) is 0.536. The highest BCUT2D eigenvalue weighted by atomic mass is 16.6. The van der Waals surface area contributed by atoms with E-state index in [1.165, 1.54) is 0 Å². The molecule has 3 rings (SSSR count). The van der Waals surface area contributed by atoms with Gasteiger partial charge in [-0.25, -0.2) is 0 Å². The minimum absolute atomic E-state index is 0.200. The van der Waals surface area contributed by atoms with Gasteiger partial charge in [0.1, 0.15) is 18.1 Å². The second-order valence-electron chi connectivity index (χ2n) is 5.92. The first kappa shape index (κ1) is 17.9. The van der Waals surface area contributed by atoms with Crippen LogP contribution < -0.4 is 10.1 Å². The Morgan fingerprint density at radius 2 is 2.04 bits per heavy atom. The van der Waals surface area contributed by atoms with E-state index in [9.17, 15) is 4.79 Å². The van der Waals surface area contributed by atoms with Crippen molar-refractivity contribution in [1.82, 2.24) is 5.32 Å². The predicted molar refractivity (Wildman–Crippen MR) is 98.0 cm³/mol. The molecule has 1 unspecified atom stereocenters. The monoisotopic (exact) mass is 354 g/mol. The third-order valence-electron chi connectivity index (χ3n) is 4.01. The first-order valence-corrected chi connectivity index (χ1v) is 8.53. The molecule has 1 heterocycles. The first-order chi connectivity index (χ1) is 12.8. The van der Waals surface area contributed by atoms with Crippen LogP contribution in [-0.4, -0.2) is 31.9 Å². The topological polar surface area (TPSA) is 69.2 Å². The molecule has 0 bridgehead atoms. The Morgan fingerprint density at radius 1 is 1.19 bits per heavy atom. The van der Waals surface area contributed by atoms with Crippen LogP contribution in [0.25, 0.3) is 0 Å². The third-order valence-corrected chi connectivity index (χ3v) is 4.01. The van der Waals surface area contributed by atoms with Crippen molar-refractivity contribution >= 4 is 11.6 Å². The molecule has 0 aliphatic carbocycles. The fraction of sp³-hybridized carbons (Fsp3) is 0.300. The molecule has 0 fully saturated rings. The molecule has 6 heteroatoms. The second-order valence-corrected chi connectivity index (χ2v) is 5.92. The number of benzene rings is 2. The quantitative estimate of drug-likeness (QED) is 0.740. The van der Waals surface area contributed by atoms with E-state index in [4.69, 9.17) is 14.3 Å². The molecular weight excluding hydrogens is 332 g/mol. The summed E-state index contributed by atoms with van der Waals surface area (Å²) >= 11 is 0. The zero-order valence-electron chi connectivity index (χ0n) is 14.7. The van der Waals surface area contributed by atoms with Crippen LogP contribution in [0.15, 0.2) is 59.8 Å². The van der Waals surface area contributed by atoms with Crippen LogP contribution in [0.4, 0.5) is 0 Å². The minimum atomic E-state index is -0.214. The third kappa shape index (κ3) is 4.83. The van der Waals surface area contributed by atoms with Gasteiger partial charge in [-0.2, -0.15) is 0 Å². The molecule has 1 amide bonds. The standard InChI is InChI=1S/C20H22N2O4/c1-24-10-11-25-17-9-5-6-15(12-17)14-21-20(23)18-13-19(26-22-18)16-7-3-2-4-8-16/h2-9,12,19H,10-11,13-14H2,1H3,(H,21,23). The minimum Gasteiger partial charge on any atom is -0.491 e. The summed E-state index contributed by atoms with van der Waals surface area (Å²) in [4.78, 5) is 17.7. The Bertz CT molecular complexity index is 761. The van der Waals surface area contributed by atoms with Crippen molar-refractivity contribution in [2.75, 3.05) is 20.3 Å². The van der Waals surface area contributed by atoms with Crippen LogP contribution in [0.1, 0.15) is 23.7 Å². The van der Waals surface area contributed by atoms with Crippen molar-refractivity contribution in [2.45, 2.75) is 19.1 Å². The zero-order chi connectivity index (χ0) is 18.2. The number of carbonyl (C=O) groups is 1. The van der Waals surface area contributed by atoms with Crippen LogP contribution in [-0.2, 0) is 20.9 Å². The van der Waals surface area contributed by atoms with Gasteiger partial charge in [0.05, 0.1) is 6.61 Å². The highest BCUT2D eigenvalue weighted by Crippen LogP contribution is 2.26. The van der Waals surface area contributed by atoms with Gasteiger partial charge in [0.2, 0.25) is 0 Å². The van der Waals surface area contributed by atoms with Crippen molar-refractivity contribution in [3.8, 4) is 5.75 Å². The van der Waals surface area contributed by atoms with Crippen LogP contribution in [0, 0.1) is 0 Å². The molecule has 136 valence electrons. The summed E-state index contributed by atoms with van der Waals surface area (Å²) < 4.78 is 10.5. The van der Waals surface area contributed by atoms with Crippen molar-refractivity contribution in [3.63, 3.8) is 0 Å². The first-order valence-electron chi connectivity index (χ1n) is 8.53. The van der Waals surface area contributed by atoms with Crippen LogP contribution in [0.3, 0.4) is 0 Å². The van der Waals surface area contributed by atoms with E-state index in [1.54, 1.807) is 7.11 Å². The van der Waals surface area contributed by atoms with E-state index in [0.29, 0.717) is 31.9 Å². The van der Waals surface area contributed by atoms with Gasteiger partial charge < -0.3 is 19.6 Å². The number of rotatable bonds is 8. The van der Waals surface area contributed by atoms with Gasteiger partial charge >= 0.3 is 0 Å². The van der Waals surface area contributed by atoms with Gasteiger partial charge in [-0.05, 0) is 23.3 Å². The lowest BCUT2D eigenvalue weighted by Gasteiger charge is -2.09. The fourth-order valence-electron chi connectivity index (χ4n) is 2.63. The van der Waals surface area contributed by atoms with Gasteiger partial charge in [0.25, 0.3) is 5.91 Å². The number of nitrogens with one attached hydrogen (secondary N) is 1.